The van der Waals surface area contributed by atoms with E-state index < -0.39 is 0 Å². The summed E-state index contributed by atoms with van der Waals surface area (Å²) in [4.78, 5) is 17.5. The van der Waals surface area contributed by atoms with Crippen LogP contribution in [0.5, 0.6) is 11.5 Å². The molecule has 0 spiro atoms. The lowest BCUT2D eigenvalue weighted by Crippen LogP contribution is -2.47. The van der Waals surface area contributed by atoms with Gasteiger partial charge in [-0.2, -0.15) is 0 Å². The van der Waals surface area contributed by atoms with Crippen LogP contribution in [-0.4, -0.2) is 53.6 Å². The van der Waals surface area contributed by atoms with Gasteiger partial charge in [-0.15, -0.1) is 0 Å². The lowest BCUT2D eigenvalue weighted by atomic mass is 9.84. The van der Waals surface area contributed by atoms with Crippen LogP contribution in [-0.2, 0) is 13.0 Å². The van der Waals surface area contributed by atoms with Crippen LogP contribution in [0, 0.1) is 18.7 Å². The number of carbonyl (C=O) groups is 1. The van der Waals surface area contributed by atoms with Crippen LogP contribution in [0.15, 0.2) is 59.2 Å². The molecule has 7 heteroatoms. The number of halogens is 1. The third kappa shape index (κ3) is 5.90. The number of likely N-dealkylation sites (tertiary alicyclic amines) is 1. The Hall–Kier alpha value is -3.32. The normalized spacial score (nSPS) is 15.6. The Balaban J connectivity index is 1.47. The van der Waals surface area contributed by atoms with Crippen LogP contribution in [0.1, 0.15) is 47.0 Å². The zero-order valence-electron chi connectivity index (χ0n) is 21.2. The van der Waals surface area contributed by atoms with E-state index in [1.165, 1.54) is 12.3 Å². The first kappa shape index (κ1) is 25.8. The molecule has 0 saturated carbocycles. The number of phenols is 1. The Kier molecular flexibility index (Phi) is 8.31. The second-order valence-electron chi connectivity index (χ2n) is 9.52. The van der Waals surface area contributed by atoms with Crippen molar-refractivity contribution in [2.24, 2.45) is 5.92 Å². The van der Waals surface area contributed by atoms with Crippen molar-refractivity contribution < 1.29 is 23.4 Å². The number of phenolic OH excluding ortho intramolecular Hbond substituents is 1. The fourth-order valence-electron chi connectivity index (χ4n) is 5.14. The molecule has 0 aliphatic carbocycles. The number of amides is 1. The molecular formula is C29H35FN2O4. The van der Waals surface area contributed by atoms with Gasteiger partial charge in [0.05, 0.1) is 18.4 Å². The third-order valence-corrected chi connectivity index (χ3v) is 7.20. The highest BCUT2D eigenvalue weighted by atomic mass is 19.1. The molecule has 1 atom stereocenters. The van der Waals surface area contributed by atoms with Crippen molar-refractivity contribution in [3.8, 4) is 11.5 Å². The van der Waals surface area contributed by atoms with E-state index in [4.69, 9.17) is 9.15 Å². The van der Waals surface area contributed by atoms with Crippen LogP contribution in [0.2, 0.25) is 0 Å². The maximum atomic E-state index is 14.6. The summed E-state index contributed by atoms with van der Waals surface area (Å²) < 4.78 is 25.5. The van der Waals surface area contributed by atoms with Crippen molar-refractivity contribution in [1.82, 2.24) is 9.80 Å². The highest BCUT2D eigenvalue weighted by Gasteiger charge is 2.33. The number of furan rings is 1. The summed E-state index contributed by atoms with van der Waals surface area (Å²) in [6, 6.07) is 13.9. The molecule has 6 nitrogen and oxygen atoms in total. The van der Waals surface area contributed by atoms with E-state index in [1.54, 1.807) is 36.1 Å². The predicted octanol–water partition coefficient (Wildman–Crippen LogP) is 5.43. The van der Waals surface area contributed by atoms with Gasteiger partial charge in [-0.1, -0.05) is 24.3 Å². The molecule has 0 radical (unpaired) electrons. The topological polar surface area (TPSA) is 66.2 Å². The van der Waals surface area contributed by atoms with Gasteiger partial charge in [0.1, 0.15) is 11.6 Å². The smallest absolute Gasteiger partial charge is 0.257 e. The second kappa shape index (κ2) is 11.6. The Labute approximate surface area is 212 Å². The maximum absolute atomic E-state index is 14.6. The molecule has 1 saturated heterocycles. The quantitative estimate of drug-likeness (QED) is 0.430. The van der Waals surface area contributed by atoms with Gasteiger partial charge in [0.15, 0.2) is 11.5 Å². The van der Waals surface area contributed by atoms with Crippen LogP contribution in [0.25, 0.3) is 0 Å². The number of aromatic hydroxyl groups is 1. The number of aryl methyl sites for hydroxylation is 1. The molecule has 3 aromatic rings. The average molecular weight is 495 g/mol. The van der Waals surface area contributed by atoms with Crippen molar-refractivity contribution in [2.45, 2.75) is 45.7 Å². The molecule has 192 valence electrons. The van der Waals surface area contributed by atoms with Gasteiger partial charge in [-0.3, -0.25) is 9.69 Å². The van der Waals surface area contributed by atoms with E-state index in [1.807, 2.05) is 32.2 Å². The SMILES string of the molecule is CCOc1cc(CN2CCC([C@@H](Cc3ccccc3F)N(C)C(=O)c3ccoc3C)CC2)ccc1O. The molecule has 1 aliphatic heterocycles. The molecule has 1 amide bonds. The van der Waals surface area contributed by atoms with E-state index in [-0.39, 0.29) is 29.4 Å². The molecule has 2 heterocycles. The molecule has 1 aromatic heterocycles. The molecule has 0 unspecified atom stereocenters. The minimum atomic E-state index is -0.238. The first-order valence-corrected chi connectivity index (χ1v) is 12.6. The number of rotatable bonds is 9. The zero-order chi connectivity index (χ0) is 25.7. The molecule has 36 heavy (non-hydrogen) atoms. The van der Waals surface area contributed by atoms with E-state index in [2.05, 4.69) is 4.90 Å². The summed E-state index contributed by atoms with van der Waals surface area (Å²) in [5.41, 5.74) is 2.26. The molecule has 1 fully saturated rings. The molecule has 2 aromatic carbocycles. The number of hydrogen-bond acceptors (Lipinski definition) is 5. The van der Waals surface area contributed by atoms with Gasteiger partial charge in [-0.05, 0) is 87.5 Å². The monoisotopic (exact) mass is 494 g/mol. The Bertz CT molecular complexity index is 1170. The van der Waals surface area contributed by atoms with E-state index in [0.717, 1.165) is 38.0 Å². The second-order valence-corrected chi connectivity index (χ2v) is 9.52. The van der Waals surface area contributed by atoms with Crippen molar-refractivity contribution >= 4 is 5.91 Å². The molecular weight excluding hydrogens is 459 g/mol. The summed E-state index contributed by atoms with van der Waals surface area (Å²) in [5, 5.41) is 9.99. The molecule has 1 N–H and O–H groups in total. The lowest BCUT2D eigenvalue weighted by molar-refractivity contribution is 0.0581. The van der Waals surface area contributed by atoms with Crippen LogP contribution in [0.4, 0.5) is 4.39 Å². The van der Waals surface area contributed by atoms with Crippen LogP contribution < -0.4 is 4.74 Å². The third-order valence-electron chi connectivity index (χ3n) is 7.20. The Morgan fingerprint density at radius 1 is 1.22 bits per heavy atom. The van der Waals surface area contributed by atoms with Gasteiger partial charge in [0.25, 0.3) is 5.91 Å². The minimum Gasteiger partial charge on any atom is -0.504 e. The molecule has 0 bridgehead atoms. The first-order valence-electron chi connectivity index (χ1n) is 12.6. The first-order chi connectivity index (χ1) is 17.4. The van der Waals surface area contributed by atoms with Gasteiger partial charge >= 0.3 is 0 Å². The number of benzene rings is 2. The van der Waals surface area contributed by atoms with Crippen molar-refractivity contribution in [2.75, 3.05) is 26.7 Å². The lowest BCUT2D eigenvalue weighted by Gasteiger charge is -2.40. The van der Waals surface area contributed by atoms with Crippen LogP contribution >= 0.6 is 0 Å². The average Bonchev–Trinajstić information content (AvgIpc) is 3.31. The maximum Gasteiger partial charge on any atom is 0.257 e. The highest BCUT2D eigenvalue weighted by molar-refractivity contribution is 5.95. The Morgan fingerprint density at radius 2 is 1.97 bits per heavy atom. The van der Waals surface area contributed by atoms with E-state index in [9.17, 15) is 14.3 Å². The molecule has 1 aliphatic rings. The van der Waals surface area contributed by atoms with Gasteiger partial charge in [0, 0.05) is 19.6 Å². The summed E-state index contributed by atoms with van der Waals surface area (Å²) in [5.74, 6) is 1.14. The summed E-state index contributed by atoms with van der Waals surface area (Å²) >= 11 is 0. The van der Waals surface area contributed by atoms with E-state index >= 15 is 0 Å². The summed E-state index contributed by atoms with van der Waals surface area (Å²) in [6.07, 6.45) is 3.79. The number of carbonyl (C=O) groups excluding carboxylic acids is 1. The van der Waals surface area contributed by atoms with Crippen molar-refractivity contribution in [1.29, 1.82) is 0 Å². The zero-order valence-corrected chi connectivity index (χ0v) is 21.2. The number of piperidine rings is 1. The number of nitrogens with zero attached hydrogens (tertiary/aromatic N) is 2. The molecule has 4 rings (SSSR count). The predicted molar refractivity (Wildman–Crippen MR) is 137 cm³/mol. The highest BCUT2D eigenvalue weighted by Crippen LogP contribution is 2.31. The fourth-order valence-corrected chi connectivity index (χ4v) is 5.14. The van der Waals surface area contributed by atoms with Gasteiger partial charge in [-0.25, -0.2) is 4.39 Å². The van der Waals surface area contributed by atoms with Crippen molar-refractivity contribution in [3.63, 3.8) is 0 Å². The number of likely N-dealkylation sites (N-methyl/N-ethyl adjacent to an activating group) is 1. The largest absolute Gasteiger partial charge is 0.504 e. The minimum absolute atomic E-state index is 0.0995. The summed E-state index contributed by atoms with van der Waals surface area (Å²) in [6.45, 7) is 6.67. The van der Waals surface area contributed by atoms with E-state index in [0.29, 0.717) is 35.7 Å². The van der Waals surface area contributed by atoms with Gasteiger partial charge in [0.2, 0.25) is 0 Å². The summed E-state index contributed by atoms with van der Waals surface area (Å²) in [7, 11) is 1.82. The standard InChI is InChI=1S/C29H35FN2O4/c1-4-35-28-17-21(9-10-27(28)33)19-32-14-11-22(12-15-32)26(18-23-7-5-6-8-25(23)30)31(3)29(34)24-13-16-36-20(24)2/h5-10,13,16-17,22,26,33H,4,11-12,14-15,18-19H2,1-3H3/t26-/m1/s1. The Morgan fingerprint density at radius 3 is 2.64 bits per heavy atom. The van der Waals surface area contributed by atoms with Crippen molar-refractivity contribution in [3.05, 3.63) is 83.1 Å². The number of hydrogen-bond donors (Lipinski definition) is 1. The van der Waals surface area contributed by atoms with Crippen LogP contribution in [0.3, 0.4) is 0 Å². The number of ether oxygens (including phenoxy) is 1. The fraction of sp³-hybridized carbons (Fsp3) is 0.414. The van der Waals surface area contributed by atoms with Gasteiger partial charge < -0.3 is 19.2 Å².